The van der Waals surface area contributed by atoms with Crippen LogP contribution >= 0.6 is 23.2 Å². The summed E-state index contributed by atoms with van der Waals surface area (Å²) >= 11 is 12.3. The highest BCUT2D eigenvalue weighted by Crippen LogP contribution is 2.33. The fourth-order valence-electron chi connectivity index (χ4n) is 3.79. The Bertz CT molecular complexity index is 1160. The van der Waals surface area contributed by atoms with Crippen LogP contribution in [0.2, 0.25) is 10.0 Å². The third-order valence-corrected chi connectivity index (χ3v) is 5.88. The average molecular weight is 474 g/mol. The second kappa shape index (κ2) is 9.15. The topological polar surface area (TPSA) is 130 Å². The number of para-hydroxylation sites is 1. The Labute approximate surface area is 194 Å². The summed E-state index contributed by atoms with van der Waals surface area (Å²) in [5.41, 5.74) is 12.9. The van der Waals surface area contributed by atoms with E-state index >= 15 is 0 Å². The molecule has 2 aromatic carbocycles. The van der Waals surface area contributed by atoms with Gasteiger partial charge in [-0.25, -0.2) is 9.97 Å². The summed E-state index contributed by atoms with van der Waals surface area (Å²) in [6.07, 6.45) is 1.47. The van der Waals surface area contributed by atoms with Crippen molar-refractivity contribution in [3.05, 3.63) is 52.8 Å². The second-order valence-electron chi connectivity index (χ2n) is 7.47. The molecule has 3 aromatic rings. The van der Waals surface area contributed by atoms with Crippen LogP contribution in [0.1, 0.15) is 0 Å². The van der Waals surface area contributed by atoms with Gasteiger partial charge in [0.2, 0.25) is 11.8 Å². The number of halogens is 2. The van der Waals surface area contributed by atoms with Crippen molar-refractivity contribution in [1.82, 2.24) is 14.9 Å². The summed E-state index contributed by atoms with van der Waals surface area (Å²) in [6, 6.07) is 9.94. The zero-order chi connectivity index (χ0) is 22.8. The van der Waals surface area contributed by atoms with E-state index in [9.17, 15) is 9.59 Å². The highest BCUT2D eigenvalue weighted by Gasteiger charge is 2.33. The molecule has 1 saturated heterocycles. The lowest BCUT2D eigenvalue weighted by atomic mass is 10.1. The number of nitrogens with one attached hydrogen (secondary N) is 1. The van der Waals surface area contributed by atoms with Crippen LogP contribution in [0.5, 0.6) is 0 Å². The summed E-state index contributed by atoms with van der Waals surface area (Å²) in [5.74, 6) is -0.172. The van der Waals surface area contributed by atoms with Crippen LogP contribution in [-0.2, 0) is 9.59 Å². The normalized spacial score (nSPS) is 16.8. The van der Waals surface area contributed by atoms with Gasteiger partial charge in [-0.05, 0) is 24.3 Å². The number of nitrogens with two attached hydrogens (primary N) is 2. The molecule has 1 aliphatic heterocycles. The molecule has 1 atom stereocenters. The van der Waals surface area contributed by atoms with Gasteiger partial charge in [-0.2, -0.15) is 0 Å². The van der Waals surface area contributed by atoms with Crippen LogP contribution < -0.4 is 21.7 Å². The zero-order valence-corrected chi connectivity index (χ0v) is 18.5. The lowest BCUT2D eigenvalue weighted by Gasteiger charge is -2.40. The maximum atomic E-state index is 12.6. The fourth-order valence-corrected chi connectivity index (χ4v) is 4.39. The van der Waals surface area contributed by atoms with Crippen molar-refractivity contribution in [3.8, 4) is 0 Å². The minimum Gasteiger partial charge on any atom is -0.399 e. The molecule has 0 bridgehead atoms. The fraction of sp³-hybridized carbons (Fsp3) is 0.238. The van der Waals surface area contributed by atoms with Gasteiger partial charge in [0.1, 0.15) is 18.2 Å². The third kappa shape index (κ3) is 4.55. The quantitative estimate of drug-likeness (QED) is 0.483. The van der Waals surface area contributed by atoms with Gasteiger partial charge in [0.25, 0.3) is 0 Å². The SMILES string of the molecule is NC(=O)C1CN(CC(=O)Nc2c(Cl)cc(N)cc2Cl)CCN1c1ncnc2ccccc12. The van der Waals surface area contributed by atoms with Gasteiger partial charge in [0, 0.05) is 30.7 Å². The van der Waals surface area contributed by atoms with E-state index in [1.54, 1.807) is 0 Å². The van der Waals surface area contributed by atoms with Crippen molar-refractivity contribution in [1.29, 1.82) is 0 Å². The predicted molar refractivity (Wildman–Crippen MR) is 126 cm³/mol. The highest BCUT2D eigenvalue weighted by molar-refractivity contribution is 6.40. The van der Waals surface area contributed by atoms with Gasteiger partial charge in [-0.15, -0.1) is 0 Å². The largest absolute Gasteiger partial charge is 0.399 e. The number of primary amides is 1. The standard InChI is InChI=1S/C21H21Cl2N7O2/c22-14-7-12(24)8-15(23)19(14)28-18(31)10-29-5-6-30(17(9-29)20(25)32)21-13-3-1-2-4-16(13)26-11-27-21/h1-4,7-8,11,17H,5-6,9-10,24H2,(H2,25,32)(H,28,31). The smallest absolute Gasteiger partial charge is 0.241 e. The first-order valence-electron chi connectivity index (χ1n) is 9.86. The van der Waals surface area contributed by atoms with E-state index in [-0.39, 0.29) is 29.0 Å². The van der Waals surface area contributed by atoms with Crippen molar-refractivity contribution in [3.63, 3.8) is 0 Å². The van der Waals surface area contributed by atoms with Crippen LogP contribution in [0.25, 0.3) is 10.9 Å². The number of amides is 2. The molecule has 1 unspecified atom stereocenters. The minimum atomic E-state index is -0.654. The molecule has 2 heterocycles. The highest BCUT2D eigenvalue weighted by atomic mass is 35.5. The number of piperazine rings is 1. The molecular formula is C21H21Cl2N7O2. The molecule has 1 aromatic heterocycles. The molecule has 0 radical (unpaired) electrons. The Hall–Kier alpha value is -3.14. The third-order valence-electron chi connectivity index (χ3n) is 5.28. The summed E-state index contributed by atoms with van der Waals surface area (Å²) in [4.78, 5) is 37.3. The Balaban J connectivity index is 1.49. The van der Waals surface area contributed by atoms with Crippen LogP contribution in [0.4, 0.5) is 17.2 Å². The summed E-state index contributed by atoms with van der Waals surface area (Å²) in [6.45, 7) is 1.30. The Kier molecular flexibility index (Phi) is 6.31. The molecule has 2 amide bonds. The van der Waals surface area contributed by atoms with E-state index in [1.807, 2.05) is 34.1 Å². The van der Waals surface area contributed by atoms with Gasteiger partial charge in [-0.1, -0.05) is 35.3 Å². The number of benzene rings is 2. The first kappa shape index (κ1) is 22.1. The number of rotatable bonds is 5. The number of carbonyl (C=O) groups is 2. The van der Waals surface area contributed by atoms with Gasteiger partial charge in [0.15, 0.2) is 0 Å². The molecule has 4 rings (SSSR count). The molecule has 0 saturated carbocycles. The van der Waals surface area contributed by atoms with E-state index in [0.29, 0.717) is 30.3 Å². The molecule has 1 fully saturated rings. The number of fused-ring (bicyclic) bond motifs is 1. The molecule has 5 N–H and O–H groups in total. The number of nitrogens with zero attached hydrogens (tertiary/aromatic N) is 4. The van der Waals surface area contributed by atoms with Crippen molar-refractivity contribution < 1.29 is 9.59 Å². The van der Waals surface area contributed by atoms with Crippen LogP contribution in [0, 0.1) is 0 Å². The predicted octanol–water partition coefficient (Wildman–Crippen LogP) is 2.13. The van der Waals surface area contributed by atoms with Gasteiger partial charge in [-0.3, -0.25) is 14.5 Å². The molecule has 0 aliphatic carbocycles. The average Bonchev–Trinajstić information content (AvgIpc) is 2.76. The van der Waals surface area contributed by atoms with Crippen molar-refractivity contribution in [2.75, 3.05) is 42.1 Å². The second-order valence-corrected chi connectivity index (χ2v) is 8.28. The van der Waals surface area contributed by atoms with Gasteiger partial charge >= 0.3 is 0 Å². The van der Waals surface area contributed by atoms with E-state index < -0.39 is 11.9 Å². The number of hydrogen-bond acceptors (Lipinski definition) is 7. The van der Waals surface area contributed by atoms with Crippen LogP contribution in [-0.4, -0.2) is 58.9 Å². The molecular weight excluding hydrogens is 453 g/mol. The maximum Gasteiger partial charge on any atom is 0.241 e. The molecule has 1 aliphatic rings. The van der Waals surface area contributed by atoms with Crippen molar-refractivity contribution >= 4 is 63.1 Å². The maximum absolute atomic E-state index is 12.6. The van der Waals surface area contributed by atoms with Gasteiger partial charge in [0.05, 0.1) is 27.8 Å². The Morgan fingerprint density at radius 3 is 2.56 bits per heavy atom. The lowest BCUT2D eigenvalue weighted by Crippen LogP contribution is -2.59. The zero-order valence-electron chi connectivity index (χ0n) is 17.0. The molecule has 0 spiro atoms. The first-order chi connectivity index (χ1) is 15.3. The summed E-state index contributed by atoms with van der Waals surface area (Å²) in [5, 5.41) is 4.04. The summed E-state index contributed by atoms with van der Waals surface area (Å²) < 4.78 is 0. The molecule has 166 valence electrons. The Morgan fingerprint density at radius 1 is 1.12 bits per heavy atom. The minimum absolute atomic E-state index is 0.0408. The van der Waals surface area contributed by atoms with E-state index in [4.69, 9.17) is 34.7 Å². The first-order valence-corrected chi connectivity index (χ1v) is 10.6. The van der Waals surface area contributed by atoms with Crippen molar-refractivity contribution in [2.45, 2.75) is 6.04 Å². The number of carbonyl (C=O) groups excluding carboxylic acids is 2. The van der Waals surface area contributed by atoms with E-state index in [2.05, 4.69) is 15.3 Å². The molecule has 32 heavy (non-hydrogen) atoms. The van der Waals surface area contributed by atoms with E-state index in [1.165, 1.54) is 18.5 Å². The molecule has 11 heteroatoms. The number of hydrogen-bond donors (Lipinski definition) is 3. The summed E-state index contributed by atoms with van der Waals surface area (Å²) in [7, 11) is 0. The molecule has 9 nitrogen and oxygen atoms in total. The number of aromatic nitrogens is 2. The number of anilines is 3. The van der Waals surface area contributed by atoms with E-state index in [0.717, 1.165) is 10.9 Å². The Morgan fingerprint density at radius 2 is 1.84 bits per heavy atom. The van der Waals surface area contributed by atoms with Crippen LogP contribution in [0.3, 0.4) is 0 Å². The number of nitrogen functional groups attached to an aromatic ring is 1. The monoisotopic (exact) mass is 473 g/mol. The van der Waals surface area contributed by atoms with Gasteiger partial charge < -0.3 is 21.7 Å². The lowest BCUT2D eigenvalue weighted by molar-refractivity contribution is -0.122. The van der Waals surface area contributed by atoms with Crippen LogP contribution in [0.15, 0.2) is 42.7 Å². The van der Waals surface area contributed by atoms with Crippen molar-refractivity contribution in [2.24, 2.45) is 5.73 Å².